The summed E-state index contributed by atoms with van der Waals surface area (Å²) in [4.78, 5) is 26.9. The maximum Gasteiger partial charge on any atom is 0.273 e. The normalized spacial score (nSPS) is 10.6. The molecule has 1 aromatic carbocycles. The Balaban J connectivity index is 2.20. The van der Waals surface area contributed by atoms with Gasteiger partial charge in [-0.05, 0) is 18.1 Å². The highest BCUT2D eigenvalue weighted by molar-refractivity contribution is 5.76. The molecule has 0 saturated carbocycles. The molecule has 2 N–H and O–H groups in total. The number of carbonyl (C=O) groups excluding carboxylic acids is 1. The maximum atomic E-state index is 12.3. The van der Waals surface area contributed by atoms with Crippen molar-refractivity contribution < 1.29 is 19.0 Å². The van der Waals surface area contributed by atoms with Crippen LogP contribution < -0.4 is 25.1 Å². The number of hydrogen-bond donors (Lipinski definition) is 2. The molecule has 0 atom stereocenters. The van der Waals surface area contributed by atoms with Crippen molar-refractivity contribution in [2.45, 2.75) is 26.7 Å². The van der Waals surface area contributed by atoms with Crippen LogP contribution in [0.25, 0.3) is 11.4 Å². The molecule has 0 saturated heterocycles. The zero-order valence-corrected chi connectivity index (χ0v) is 16.8. The lowest BCUT2D eigenvalue weighted by molar-refractivity contribution is -0.121. The van der Waals surface area contributed by atoms with Gasteiger partial charge in [-0.15, -0.1) is 10.2 Å². The van der Waals surface area contributed by atoms with E-state index in [2.05, 4.69) is 20.5 Å². The Morgan fingerprint density at radius 3 is 2.25 bits per heavy atom. The molecule has 9 nitrogen and oxygen atoms in total. The molecular formula is C19H26N4O5. The van der Waals surface area contributed by atoms with Crippen molar-refractivity contribution in [2.24, 2.45) is 5.92 Å². The van der Waals surface area contributed by atoms with E-state index in [0.29, 0.717) is 35.3 Å². The Morgan fingerprint density at radius 2 is 1.75 bits per heavy atom. The first-order chi connectivity index (χ1) is 13.4. The minimum absolute atomic E-state index is 0.122. The largest absolute Gasteiger partial charge is 0.493 e. The van der Waals surface area contributed by atoms with Crippen molar-refractivity contribution in [3.63, 3.8) is 0 Å². The minimum Gasteiger partial charge on any atom is -0.493 e. The highest BCUT2D eigenvalue weighted by Gasteiger charge is 2.16. The summed E-state index contributed by atoms with van der Waals surface area (Å²) in [5.41, 5.74) is 0.367. The zero-order chi connectivity index (χ0) is 20.7. The van der Waals surface area contributed by atoms with Gasteiger partial charge < -0.3 is 24.5 Å². The van der Waals surface area contributed by atoms with Gasteiger partial charge in [-0.2, -0.15) is 0 Å². The third-order valence-electron chi connectivity index (χ3n) is 4.00. The van der Waals surface area contributed by atoms with Gasteiger partial charge in [0.25, 0.3) is 5.56 Å². The predicted molar refractivity (Wildman–Crippen MR) is 104 cm³/mol. The van der Waals surface area contributed by atoms with E-state index in [1.165, 1.54) is 21.3 Å². The molecule has 0 aliphatic heterocycles. The highest BCUT2D eigenvalue weighted by Crippen LogP contribution is 2.40. The number of H-pyrrole nitrogens is 1. The van der Waals surface area contributed by atoms with Crippen LogP contribution in [0.1, 0.15) is 26.0 Å². The van der Waals surface area contributed by atoms with E-state index < -0.39 is 5.56 Å². The Labute approximate surface area is 163 Å². The fraction of sp³-hybridized carbons (Fsp3) is 0.474. The number of amides is 1. The van der Waals surface area contributed by atoms with E-state index in [-0.39, 0.29) is 30.3 Å². The molecule has 2 rings (SSSR count). The van der Waals surface area contributed by atoms with Gasteiger partial charge in [0.15, 0.2) is 17.3 Å². The van der Waals surface area contributed by atoms with Gasteiger partial charge in [0.1, 0.15) is 5.69 Å². The lowest BCUT2D eigenvalue weighted by Gasteiger charge is -2.13. The first-order valence-corrected chi connectivity index (χ1v) is 8.92. The number of nitrogens with one attached hydrogen (secondary N) is 2. The third-order valence-corrected chi connectivity index (χ3v) is 4.00. The molecule has 0 fully saturated rings. The molecule has 0 aliphatic rings. The summed E-state index contributed by atoms with van der Waals surface area (Å²) in [5.74, 6) is 1.81. The van der Waals surface area contributed by atoms with Crippen molar-refractivity contribution in [1.82, 2.24) is 20.5 Å². The molecule has 2 aromatic rings. The van der Waals surface area contributed by atoms with E-state index in [1.54, 1.807) is 12.1 Å². The van der Waals surface area contributed by atoms with E-state index in [4.69, 9.17) is 14.2 Å². The lowest BCUT2D eigenvalue weighted by Crippen LogP contribution is -2.28. The number of methoxy groups -OCH3 is 3. The maximum absolute atomic E-state index is 12.3. The molecule has 9 heteroatoms. The monoisotopic (exact) mass is 390 g/mol. The number of ether oxygens (including phenoxy) is 3. The molecule has 0 aliphatic carbocycles. The Bertz CT molecular complexity index is 854. The van der Waals surface area contributed by atoms with Crippen LogP contribution in [-0.2, 0) is 11.2 Å². The number of benzene rings is 1. The summed E-state index contributed by atoms with van der Waals surface area (Å²) >= 11 is 0. The van der Waals surface area contributed by atoms with E-state index >= 15 is 0 Å². The Kier molecular flexibility index (Phi) is 7.36. The summed E-state index contributed by atoms with van der Waals surface area (Å²) in [7, 11) is 4.51. The summed E-state index contributed by atoms with van der Waals surface area (Å²) in [6.45, 7) is 4.62. The highest BCUT2D eigenvalue weighted by atomic mass is 16.5. The van der Waals surface area contributed by atoms with Crippen molar-refractivity contribution in [1.29, 1.82) is 0 Å². The van der Waals surface area contributed by atoms with Crippen LogP contribution >= 0.6 is 0 Å². The molecule has 0 spiro atoms. The van der Waals surface area contributed by atoms with Crippen LogP contribution in [0.2, 0.25) is 0 Å². The second-order valence-electron chi connectivity index (χ2n) is 6.56. The number of aromatic amines is 1. The molecule has 152 valence electrons. The van der Waals surface area contributed by atoms with Gasteiger partial charge in [-0.25, -0.2) is 0 Å². The number of hydrogen-bond acceptors (Lipinski definition) is 7. The lowest BCUT2D eigenvalue weighted by atomic mass is 10.1. The molecule has 1 heterocycles. The summed E-state index contributed by atoms with van der Waals surface area (Å²) < 4.78 is 15.9. The predicted octanol–water partition coefficient (Wildman–Crippen LogP) is 1.56. The zero-order valence-electron chi connectivity index (χ0n) is 16.8. The first kappa shape index (κ1) is 21.2. The number of carbonyl (C=O) groups is 1. The van der Waals surface area contributed by atoms with E-state index in [9.17, 15) is 9.59 Å². The van der Waals surface area contributed by atoms with Crippen molar-refractivity contribution in [3.05, 3.63) is 28.2 Å². The second kappa shape index (κ2) is 9.72. The SMILES string of the molecule is COc1cc(-c2nnc(CCC(=O)NCC(C)C)c(=O)[nH]2)cc(OC)c1OC. The fourth-order valence-corrected chi connectivity index (χ4v) is 2.51. The standard InChI is InChI=1S/C19H26N4O5/c1-11(2)10-20-16(24)7-6-13-19(25)21-18(23-22-13)12-8-14(26-3)17(28-5)15(9-12)27-4/h8-9,11H,6-7,10H2,1-5H3,(H,20,24)(H,21,23,25). The summed E-state index contributed by atoms with van der Waals surface area (Å²) in [6, 6.07) is 3.33. The first-order valence-electron chi connectivity index (χ1n) is 8.92. The van der Waals surface area contributed by atoms with E-state index in [0.717, 1.165) is 0 Å². The number of aryl methyl sites for hydroxylation is 1. The van der Waals surface area contributed by atoms with Crippen LogP contribution in [-0.4, -0.2) is 49.0 Å². The van der Waals surface area contributed by atoms with Crippen molar-refractivity contribution in [2.75, 3.05) is 27.9 Å². The van der Waals surface area contributed by atoms with Gasteiger partial charge in [0, 0.05) is 24.9 Å². The molecular weight excluding hydrogens is 364 g/mol. The molecule has 28 heavy (non-hydrogen) atoms. The number of aromatic nitrogens is 3. The molecule has 1 amide bonds. The van der Waals surface area contributed by atoms with E-state index in [1.807, 2.05) is 13.8 Å². The number of nitrogens with zero attached hydrogens (tertiary/aromatic N) is 2. The molecule has 1 aromatic heterocycles. The van der Waals surface area contributed by atoms with Crippen LogP contribution in [0.4, 0.5) is 0 Å². The van der Waals surface area contributed by atoms with Crippen molar-refractivity contribution >= 4 is 5.91 Å². The van der Waals surface area contributed by atoms with Gasteiger partial charge in [-0.1, -0.05) is 13.8 Å². The quantitative estimate of drug-likeness (QED) is 0.667. The van der Waals surface area contributed by atoms with Crippen LogP contribution in [0, 0.1) is 5.92 Å². The average molecular weight is 390 g/mol. The molecule has 0 radical (unpaired) electrons. The van der Waals surface area contributed by atoms with Crippen LogP contribution in [0.15, 0.2) is 16.9 Å². The Morgan fingerprint density at radius 1 is 1.11 bits per heavy atom. The van der Waals surface area contributed by atoms with Crippen molar-refractivity contribution in [3.8, 4) is 28.6 Å². The summed E-state index contributed by atoms with van der Waals surface area (Å²) in [6.07, 6.45) is 0.385. The minimum atomic E-state index is -0.393. The van der Waals surface area contributed by atoms with Gasteiger partial charge in [0.2, 0.25) is 11.7 Å². The van der Waals surface area contributed by atoms with Gasteiger partial charge in [0.05, 0.1) is 21.3 Å². The average Bonchev–Trinajstić information content (AvgIpc) is 2.69. The van der Waals surface area contributed by atoms with Gasteiger partial charge >= 0.3 is 0 Å². The van der Waals surface area contributed by atoms with Gasteiger partial charge in [-0.3, -0.25) is 9.59 Å². The van der Waals surface area contributed by atoms with Crippen LogP contribution in [0.3, 0.4) is 0 Å². The fourth-order valence-electron chi connectivity index (χ4n) is 2.51. The molecule has 0 unspecified atom stereocenters. The number of rotatable bonds is 9. The molecule has 0 bridgehead atoms. The smallest absolute Gasteiger partial charge is 0.273 e. The summed E-state index contributed by atoms with van der Waals surface area (Å²) in [5, 5.41) is 10.9. The second-order valence-corrected chi connectivity index (χ2v) is 6.56. The topological polar surface area (TPSA) is 115 Å². The third kappa shape index (κ3) is 5.21. The van der Waals surface area contributed by atoms with Crippen LogP contribution in [0.5, 0.6) is 17.2 Å². The Hall–Kier alpha value is -3.10.